The quantitative estimate of drug-likeness (QED) is 0.494. The predicted molar refractivity (Wildman–Crippen MR) is 107 cm³/mol. The molecule has 152 valence electrons. The van der Waals surface area contributed by atoms with Crippen molar-refractivity contribution in [1.29, 1.82) is 0 Å². The Morgan fingerprint density at radius 2 is 2.10 bits per heavy atom. The Morgan fingerprint density at radius 1 is 1.33 bits per heavy atom. The summed E-state index contributed by atoms with van der Waals surface area (Å²) in [6.07, 6.45) is 2.09. The Balaban J connectivity index is 1.89. The molecule has 2 N–H and O–H groups in total. The Kier molecular flexibility index (Phi) is 4.46. The molecule has 0 amide bonds. The van der Waals surface area contributed by atoms with Crippen LogP contribution in [0.2, 0.25) is 0 Å². The topological polar surface area (TPSA) is 145 Å². The van der Waals surface area contributed by atoms with Crippen molar-refractivity contribution in [2.45, 2.75) is 13.0 Å². The van der Waals surface area contributed by atoms with E-state index in [9.17, 15) is 29.9 Å². The van der Waals surface area contributed by atoms with Crippen LogP contribution in [0.4, 0.5) is 5.69 Å². The third-order valence-corrected chi connectivity index (χ3v) is 4.93. The number of aromatic carboxylic acids is 1. The highest BCUT2D eigenvalue weighted by Crippen LogP contribution is 2.38. The highest BCUT2D eigenvalue weighted by molar-refractivity contribution is 5.93. The summed E-state index contributed by atoms with van der Waals surface area (Å²) in [6, 6.07) is 6.78. The highest BCUT2D eigenvalue weighted by Gasteiger charge is 2.23. The third kappa shape index (κ3) is 3.04. The molecule has 30 heavy (non-hydrogen) atoms. The zero-order chi connectivity index (χ0) is 21.6. The number of nitro benzene ring substituents is 1. The lowest BCUT2D eigenvalue weighted by molar-refractivity contribution is -0.386. The molecule has 0 saturated heterocycles. The van der Waals surface area contributed by atoms with E-state index >= 15 is 0 Å². The molecule has 0 bridgehead atoms. The number of aromatic hydroxyl groups is 1. The molecule has 0 spiro atoms. The maximum atomic E-state index is 12.8. The number of rotatable bonds is 4. The van der Waals surface area contributed by atoms with Crippen LogP contribution in [0.1, 0.15) is 28.2 Å². The SMILES string of the molecule is COc1cc(/C=C2\CCn3c2nc2cc(C(=O)O)ccc2c3=O)cc([N+](=O)[O-])c1O. The number of aromatic nitrogens is 2. The van der Waals surface area contributed by atoms with Crippen LogP contribution in [0.5, 0.6) is 11.5 Å². The molecule has 0 unspecified atom stereocenters. The zero-order valence-electron chi connectivity index (χ0n) is 15.7. The average Bonchev–Trinajstić information content (AvgIpc) is 3.11. The molecule has 4 rings (SSSR count). The summed E-state index contributed by atoms with van der Waals surface area (Å²) in [5, 5.41) is 30.7. The van der Waals surface area contributed by atoms with Gasteiger partial charge < -0.3 is 14.9 Å². The first-order chi connectivity index (χ1) is 14.3. The lowest BCUT2D eigenvalue weighted by Gasteiger charge is -2.07. The minimum atomic E-state index is -1.13. The van der Waals surface area contributed by atoms with Gasteiger partial charge in [0, 0.05) is 12.6 Å². The van der Waals surface area contributed by atoms with Crippen molar-refractivity contribution in [2.24, 2.45) is 0 Å². The number of benzene rings is 2. The van der Waals surface area contributed by atoms with Crippen molar-refractivity contribution in [3.63, 3.8) is 0 Å². The first-order valence-corrected chi connectivity index (χ1v) is 8.84. The standard InChI is InChI=1S/C20H15N3O7/c1-30-16-8-10(7-15(17(16)24)23(28)29)6-11-4-5-22-18(11)21-14-9-12(20(26)27)2-3-13(14)19(22)25/h2-3,6-9,24H,4-5H2,1H3,(H,26,27)/b11-6+. The normalized spacial score (nSPS) is 14.1. The summed E-state index contributed by atoms with van der Waals surface area (Å²) in [4.78, 5) is 39.0. The predicted octanol–water partition coefficient (Wildman–Crippen LogP) is 2.66. The van der Waals surface area contributed by atoms with Crippen LogP contribution in [0.25, 0.3) is 22.6 Å². The lowest BCUT2D eigenvalue weighted by Crippen LogP contribution is -2.21. The fourth-order valence-electron chi connectivity index (χ4n) is 3.48. The van der Waals surface area contributed by atoms with Gasteiger partial charge in [-0.15, -0.1) is 0 Å². The van der Waals surface area contributed by atoms with E-state index < -0.39 is 22.3 Å². The van der Waals surface area contributed by atoms with Gasteiger partial charge in [0.25, 0.3) is 5.56 Å². The average molecular weight is 409 g/mol. The molecule has 3 aromatic rings. The number of fused-ring (bicyclic) bond motifs is 2. The lowest BCUT2D eigenvalue weighted by atomic mass is 10.1. The van der Waals surface area contributed by atoms with Crippen molar-refractivity contribution >= 4 is 34.2 Å². The molecule has 0 saturated carbocycles. The van der Waals surface area contributed by atoms with Gasteiger partial charge in [0.1, 0.15) is 5.82 Å². The Bertz CT molecular complexity index is 1320. The van der Waals surface area contributed by atoms with E-state index in [0.717, 1.165) is 0 Å². The van der Waals surface area contributed by atoms with E-state index in [4.69, 9.17) is 4.74 Å². The number of phenols is 1. The number of carboxylic acid groups (broad SMARTS) is 1. The molecule has 10 heteroatoms. The van der Waals surface area contributed by atoms with E-state index in [2.05, 4.69) is 4.98 Å². The van der Waals surface area contributed by atoms with Gasteiger partial charge in [-0.25, -0.2) is 9.78 Å². The Hall–Kier alpha value is -4.21. The van der Waals surface area contributed by atoms with Crippen LogP contribution >= 0.6 is 0 Å². The largest absolute Gasteiger partial charge is 0.500 e. The number of hydrogen-bond acceptors (Lipinski definition) is 7. The summed E-state index contributed by atoms with van der Waals surface area (Å²) in [5.74, 6) is -1.38. The van der Waals surface area contributed by atoms with Crippen molar-refractivity contribution < 1.29 is 24.7 Å². The third-order valence-electron chi connectivity index (χ3n) is 4.93. The summed E-state index contributed by atoms with van der Waals surface area (Å²) in [6.45, 7) is 0.376. The van der Waals surface area contributed by atoms with E-state index in [1.165, 1.54) is 42.0 Å². The number of ether oxygens (including phenoxy) is 1. The zero-order valence-corrected chi connectivity index (χ0v) is 15.7. The number of allylic oxidation sites excluding steroid dienone is 1. The Labute approximate surface area is 168 Å². The van der Waals surface area contributed by atoms with E-state index in [1.54, 1.807) is 6.08 Å². The van der Waals surface area contributed by atoms with Gasteiger partial charge in [0.15, 0.2) is 5.75 Å². The number of nitrogens with zero attached hydrogens (tertiary/aromatic N) is 3. The van der Waals surface area contributed by atoms with Crippen LogP contribution < -0.4 is 10.3 Å². The van der Waals surface area contributed by atoms with Gasteiger partial charge >= 0.3 is 11.7 Å². The molecule has 1 aliphatic rings. The van der Waals surface area contributed by atoms with Gasteiger partial charge in [-0.05, 0) is 47.9 Å². The summed E-state index contributed by atoms with van der Waals surface area (Å²) < 4.78 is 6.50. The molecule has 0 aliphatic carbocycles. The van der Waals surface area contributed by atoms with Gasteiger partial charge in [0.05, 0.1) is 28.5 Å². The number of methoxy groups -OCH3 is 1. The second kappa shape index (κ2) is 6.99. The second-order valence-corrected chi connectivity index (χ2v) is 6.70. The molecule has 1 aromatic heterocycles. The van der Waals surface area contributed by atoms with Crippen LogP contribution in [0, 0.1) is 10.1 Å². The molecular weight excluding hydrogens is 394 g/mol. The maximum Gasteiger partial charge on any atom is 0.335 e. The molecule has 0 radical (unpaired) electrons. The fraction of sp³-hybridized carbons (Fsp3) is 0.150. The van der Waals surface area contributed by atoms with E-state index in [1.807, 2.05) is 0 Å². The molecule has 10 nitrogen and oxygen atoms in total. The molecule has 0 atom stereocenters. The number of phenolic OH excluding ortho intramolecular Hbond substituents is 1. The highest BCUT2D eigenvalue weighted by atomic mass is 16.6. The minimum Gasteiger partial charge on any atom is -0.500 e. The number of carboxylic acids is 1. The van der Waals surface area contributed by atoms with Crippen molar-refractivity contribution in [3.8, 4) is 11.5 Å². The van der Waals surface area contributed by atoms with E-state index in [0.29, 0.717) is 35.3 Å². The smallest absolute Gasteiger partial charge is 0.335 e. The fourth-order valence-corrected chi connectivity index (χ4v) is 3.48. The van der Waals surface area contributed by atoms with Crippen molar-refractivity contribution in [1.82, 2.24) is 9.55 Å². The summed E-state index contributed by atoms with van der Waals surface area (Å²) in [7, 11) is 1.29. The number of carbonyl (C=O) groups is 1. The first-order valence-electron chi connectivity index (χ1n) is 8.84. The minimum absolute atomic E-state index is 0.0155. The van der Waals surface area contributed by atoms with Crippen LogP contribution in [0.3, 0.4) is 0 Å². The molecule has 2 aromatic carbocycles. The van der Waals surface area contributed by atoms with Crippen LogP contribution in [-0.4, -0.2) is 37.8 Å². The molecule has 1 aliphatic heterocycles. The maximum absolute atomic E-state index is 12.8. The first kappa shape index (κ1) is 19.1. The van der Waals surface area contributed by atoms with Crippen LogP contribution in [-0.2, 0) is 6.54 Å². The summed E-state index contributed by atoms with van der Waals surface area (Å²) in [5.41, 5.74) is 0.527. The second-order valence-electron chi connectivity index (χ2n) is 6.70. The van der Waals surface area contributed by atoms with Crippen LogP contribution in [0.15, 0.2) is 35.1 Å². The molecular formula is C20H15N3O7. The Morgan fingerprint density at radius 3 is 2.77 bits per heavy atom. The van der Waals surface area contributed by atoms with Gasteiger partial charge in [-0.1, -0.05) is 0 Å². The van der Waals surface area contributed by atoms with Gasteiger partial charge in [0.2, 0.25) is 5.75 Å². The van der Waals surface area contributed by atoms with Crippen molar-refractivity contribution in [3.05, 3.63) is 67.8 Å². The number of hydrogen-bond donors (Lipinski definition) is 2. The summed E-state index contributed by atoms with van der Waals surface area (Å²) >= 11 is 0. The van der Waals surface area contributed by atoms with Crippen molar-refractivity contribution in [2.75, 3.05) is 7.11 Å². The molecule has 0 fully saturated rings. The number of nitro groups is 1. The van der Waals surface area contributed by atoms with Gasteiger partial charge in [-0.3, -0.25) is 19.5 Å². The van der Waals surface area contributed by atoms with E-state index in [-0.39, 0.29) is 22.4 Å². The van der Waals surface area contributed by atoms with Gasteiger partial charge in [-0.2, -0.15) is 0 Å². The molecule has 2 heterocycles. The monoisotopic (exact) mass is 409 g/mol.